The number of amides is 1. The standard InChI is InChI=1S/C12H14FNO3/c13-10-3-1-9(2-4-10)5-14-11(16)12(6-15)7-17-8-12/h1-4,15H,5-8H2,(H,14,16). The van der Waals surface area contributed by atoms with Crippen molar-refractivity contribution in [1.29, 1.82) is 0 Å². The van der Waals surface area contributed by atoms with Crippen LogP contribution in [-0.2, 0) is 16.1 Å². The Morgan fingerprint density at radius 3 is 2.53 bits per heavy atom. The van der Waals surface area contributed by atoms with Gasteiger partial charge in [-0.3, -0.25) is 4.79 Å². The third-order valence-corrected chi connectivity index (χ3v) is 2.91. The van der Waals surface area contributed by atoms with Crippen LogP contribution in [0.1, 0.15) is 5.56 Å². The van der Waals surface area contributed by atoms with Gasteiger partial charge in [0.2, 0.25) is 5.91 Å². The molecule has 2 rings (SSSR count). The minimum atomic E-state index is -0.792. The first-order chi connectivity index (χ1) is 8.16. The van der Waals surface area contributed by atoms with Gasteiger partial charge in [-0.05, 0) is 17.7 Å². The van der Waals surface area contributed by atoms with Gasteiger partial charge in [0.05, 0.1) is 19.8 Å². The number of aliphatic hydroxyl groups is 1. The molecule has 1 heterocycles. The van der Waals surface area contributed by atoms with Crippen LogP contribution in [0.5, 0.6) is 0 Å². The topological polar surface area (TPSA) is 58.6 Å². The summed E-state index contributed by atoms with van der Waals surface area (Å²) >= 11 is 0. The zero-order chi connectivity index (χ0) is 12.3. The smallest absolute Gasteiger partial charge is 0.233 e. The summed E-state index contributed by atoms with van der Waals surface area (Å²) in [5.74, 6) is -0.533. The van der Waals surface area contributed by atoms with Crippen molar-refractivity contribution in [2.24, 2.45) is 5.41 Å². The van der Waals surface area contributed by atoms with Crippen molar-refractivity contribution in [1.82, 2.24) is 5.32 Å². The van der Waals surface area contributed by atoms with Crippen LogP contribution in [0, 0.1) is 11.2 Å². The fourth-order valence-corrected chi connectivity index (χ4v) is 1.61. The number of ether oxygens (including phenoxy) is 1. The van der Waals surface area contributed by atoms with Crippen molar-refractivity contribution in [3.8, 4) is 0 Å². The molecule has 1 fully saturated rings. The van der Waals surface area contributed by atoms with E-state index in [1.807, 2.05) is 0 Å². The first-order valence-corrected chi connectivity index (χ1v) is 5.38. The van der Waals surface area contributed by atoms with E-state index in [1.54, 1.807) is 12.1 Å². The minimum Gasteiger partial charge on any atom is -0.395 e. The Bertz CT molecular complexity index is 395. The second-order valence-corrected chi connectivity index (χ2v) is 4.24. The molecule has 5 heteroatoms. The first kappa shape index (κ1) is 12.0. The zero-order valence-corrected chi connectivity index (χ0v) is 9.28. The van der Waals surface area contributed by atoms with E-state index in [0.717, 1.165) is 5.56 Å². The normalized spacial score (nSPS) is 17.3. The Balaban J connectivity index is 1.90. The van der Waals surface area contributed by atoms with Gasteiger partial charge in [-0.15, -0.1) is 0 Å². The molecule has 0 aromatic heterocycles. The summed E-state index contributed by atoms with van der Waals surface area (Å²) in [6.45, 7) is 0.598. The maximum absolute atomic E-state index is 12.7. The number of carbonyl (C=O) groups excluding carboxylic acids is 1. The van der Waals surface area contributed by atoms with Crippen LogP contribution < -0.4 is 5.32 Å². The second kappa shape index (κ2) is 4.81. The highest BCUT2D eigenvalue weighted by Crippen LogP contribution is 2.26. The van der Waals surface area contributed by atoms with Crippen LogP contribution in [-0.4, -0.2) is 30.8 Å². The van der Waals surface area contributed by atoms with Crippen molar-refractivity contribution in [2.75, 3.05) is 19.8 Å². The zero-order valence-electron chi connectivity index (χ0n) is 9.28. The van der Waals surface area contributed by atoms with E-state index < -0.39 is 5.41 Å². The molecule has 0 bridgehead atoms. The third kappa shape index (κ3) is 2.45. The largest absolute Gasteiger partial charge is 0.395 e. The van der Waals surface area contributed by atoms with E-state index in [2.05, 4.69) is 5.32 Å². The minimum absolute atomic E-state index is 0.220. The monoisotopic (exact) mass is 239 g/mol. The molecule has 1 saturated heterocycles. The van der Waals surface area contributed by atoms with Gasteiger partial charge in [0.1, 0.15) is 11.2 Å². The second-order valence-electron chi connectivity index (χ2n) is 4.24. The molecule has 2 N–H and O–H groups in total. The Morgan fingerprint density at radius 1 is 1.41 bits per heavy atom. The molecule has 0 spiro atoms. The number of hydrogen-bond donors (Lipinski definition) is 2. The quantitative estimate of drug-likeness (QED) is 0.802. The fourth-order valence-electron chi connectivity index (χ4n) is 1.61. The van der Waals surface area contributed by atoms with E-state index in [4.69, 9.17) is 9.84 Å². The molecule has 17 heavy (non-hydrogen) atoms. The molecule has 1 amide bonds. The molecular weight excluding hydrogens is 225 g/mol. The third-order valence-electron chi connectivity index (χ3n) is 2.91. The van der Waals surface area contributed by atoms with Crippen LogP contribution in [0.15, 0.2) is 24.3 Å². The summed E-state index contributed by atoms with van der Waals surface area (Å²) in [7, 11) is 0. The van der Waals surface area contributed by atoms with Gasteiger partial charge in [0.25, 0.3) is 0 Å². The Labute approximate surface area is 98.4 Å². The van der Waals surface area contributed by atoms with E-state index in [1.165, 1.54) is 12.1 Å². The molecule has 0 unspecified atom stereocenters. The first-order valence-electron chi connectivity index (χ1n) is 5.38. The van der Waals surface area contributed by atoms with Crippen molar-refractivity contribution >= 4 is 5.91 Å². The van der Waals surface area contributed by atoms with E-state index >= 15 is 0 Å². The SMILES string of the molecule is O=C(NCc1ccc(F)cc1)C1(CO)COC1. The van der Waals surface area contributed by atoms with Crippen molar-refractivity contribution in [3.63, 3.8) is 0 Å². The van der Waals surface area contributed by atoms with Gasteiger partial charge in [-0.1, -0.05) is 12.1 Å². The fraction of sp³-hybridized carbons (Fsp3) is 0.417. The molecule has 0 saturated carbocycles. The molecule has 1 aromatic carbocycles. The predicted octanol–water partition coefficient (Wildman–Crippen LogP) is 0.451. The van der Waals surface area contributed by atoms with E-state index in [-0.39, 0.29) is 31.5 Å². The van der Waals surface area contributed by atoms with Gasteiger partial charge in [0, 0.05) is 6.54 Å². The molecule has 92 valence electrons. The average molecular weight is 239 g/mol. The van der Waals surface area contributed by atoms with Gasteiger partial charge in [-0.2, -0.15) is 0 Å². The number of aliphatic hydroxyl groups excluding tert-OH is 1. The highest BCUT2D eigenvalue weighted by Gasteiger charge is 2.45. The summed E-state index contributed by atoms with van der Waals surface area (Å²) in [5.41, 5.74) is 0.0214. The number of carbonyl (C=O) groups is 1. The summed E-state index contributed by atoms with van der Waals surface area (Å²) in [4.78, 5) is 11.8. The van der Waals surface area contributed by atoms with Crippen LogP contribution in [0.2, 0.25) is 0 Å². The number of hydrogen-bond acceptors (Lipinski definition) is 3. The Hall–Kier alpha value is -1.46. The Kier molecular flexibility index (Phi) is 3.40. The van der Waals surface area contributed by atoms with Gasteiger partial charge >= 0.3 is 0 Å². The molecule has 1 aliphatic heterocycles. The van der Waals surface area contributed by atoms with E-state index in [9.17, 15) is 9.18 Å². The summed E-state index contributed by atoms with van der Waals surface area (Å²) in [5, 5.41) is 11.9. The summed E-state index contributed by atoms with van der Waals surface area (Å²) in [6.07, 6.45) is 0. The van der Waals surface area contributed by atoms with Crippen molar-refractivity contribution < 1.29 is 19.0 Å². The average Bonchev–Trinajstić information content (AvgIpc) is 2.27. The van der Waals surface area contributed by atoms with Gasteiger partial charge < -0.3 is 15.2 Å². The lowest BCUT2D eigenvalue weighted by Gasteiger charge is -2.38. The van der Waals surface area contributed by atoms with Crippen LogP contribution in [0.3, 0.4) is 0 Å². The molecule has 1 aliphatic rings. The number of nitrogens with one attached hydrogen (secondary N) is 1. The molecular formula is C12H14FNO3. The highest BCUT2D eigenvalue weighted by atomic mass is 19.1. The molecule has 4 nitrogen and oxygen atoms in total. The molecule has 0 atom stereocenters. The summed E-state index contributed by atoms with van der Waals surface area (Å²) < 4.78 is 17.6. The van der Waals surface area contributed by atoms with E-state index in [0.29, 0.717) is 6.54 Å². The lowest BCUT2D eigenvalue weighted by Crippen LogP contribution is -2.56. The number of benzene rings is 1. The van der Waals surface area contributed by atoms with Crippen LogP contribution >= 0.6 is 0 Å². The van der Waals surface area contributed by atoms with Crippen molar-refractivity contribution in [2.45, 2.75) is 6.54 Å². The van der Waals surface area contributed by atoms with Crippen LogP contribution in [0.25, 0.3) is 0 Å². The maximum atomic E-state index is 12.7. The molecule has 1 aromatic rings. The lowest BCUT2D eigenvalue weighted by molar-refractivity contribution is -0.170. The number of rotatable bonds is 4. The molecule has 0 radical (unpaired) electrons. The van der Waals surface area contributed by atoms with Crippen molar-refractivity contribution in [3.05, 3.63) is 35.6 Å². The maximum Gasteiger partial charge on any atom is 0.233 e. The summed E-state index contributed by atoms with van der Waals surface area (Å²) in [6, 6.07) is 5.91. The lowest BCUT2D eigenvalue weighted by atomic mass is 9.86. The predicted molar refractivity (Wildman–Crippen MR) is 58.6 cm³/mol. The Morgan fingerprint density at radius 2 is 2.06 bits per heavy atom. The van der Waals surface area contributed by atoms with Gasteiger partial charge in [-0.25, -0.2) is 4.39 Å². The number of halogens is 1. The van der Waals surface area contributed by atoms with Crippen LogP contribution in [0.4, 0.5) is 4.39 Å². The van der Waals surface area contributed by atoms with Gasteiger partial charge in [0.15, 0.2) is 0 Å². The molecule has 0 aliphatic carbocycles. The highest BCUT2D eigenvalue weighted by molar-refractivity contribution is 5.83.